The van der Waals surface area contributed by atoms with E-state index < -0.39 is 11.7 Å². The van der Waals surface area contributed by atoms with Gasteiger partial charge in [0.15, 0.2) is 0 Å². The SMILES string of the molecule is CC(C)=CCc1ccc(C(F)(F)F)cc1-c1ccccn1. The molecule has 0 N–H and O–H groups in total. The third-order valence-electron chi connectivity index (χ3n) is 3.11. The first-order valence-corrected chi connectivity index (χ1v) is 6.63. The van der Waals surface area contributed by atoms with Gasteiger partial charge in [0.2, 0.25) is 0 Å². The third-order valence-corrected chi connectivity index (χ3v) is 3.11. The van der Waals surface area contributed by atoms with Gasteiger partial charge < -0.3 is 0 Å². The molecule has 0 bridgehead atoms. The molecular weight excluding hydrogens is 275 g/mol. The molecule has 1 nitrogen and oxygen atoms in total. The maximum Gasteiger partial charge on any atom is 0.416 e. The fourth-order valence-corrected chi connectivity index (χ4v) is 2.01. The van der Waals surface area contributed by atoms with Crippen LogP contribution in [0.1, 0.15) is 25.0 Å². The number of pyridine rings is 1. The molecule has 0 fully saturated rings. The number of allylic oxidation sites excluding steroid dienone is 2. The second-order valence-electron chi connectivity index (χ2n) is 5.07. The standard InChI is InChI=1S/C17H16F3N/c1-12(2)6-7-13-8-9-14(17(18,19)20)11-15(13)16-5-3-4-10-21-16/h3-6,8-11H,7H2,1-2H3. The van der Waals surface area contributed by atoms with E-state index in [0.29, 0.717) is 17.7 Å². The molecule has 110 valence electrons. The number of benzene rings is 1. The molecule has 1 heterocycles. The van der Waals surface area contributed by atoms with E-state index in [1.54, 1.807) is 24.4 Å². The normalized spacial score (nSPS) is 11.3. The van der Waals surface area contributed by atoms with Gasteiger partial charge in [-0.15, -0.1) is 0 Å². The summed E-state index contributed by atoms with van der Waals surface area (Å²) in [5, 5.41) is 0. The van der Waals surface area contributed by atoms with Crippen LogP contribution in [0, 0.1) is 0 Å². The quantitative estimate of drug-likeness (QED) is 0.701. The summed E-state index contributed by atoms with van der Waals surface area (Å²) in [5.41, 5.74) is 2.40. The van der Waals surface area contributed by atoms with Crippen LogP contribution in [0.4, 0.5) is 13.2 Å². The minimum Gasteiger partial charge on any atom is -0.256 e. The zero-order valence-corrected chi connectivity index (χ0v) is 11.9. The topological polar surface area (TPSA) is 12.9 Å². The Labute approximate surface area is 122 Å². The highest BCUT2D eigenvalue weighted by Gasteiger charge is 2.31. The van der Waals surface area contributed by atoms with Crippen molar-refractivity contribution in [3.63, 3.8) is 0 Å². The van der Waals surface area contributed by atoms with Gasteiger partial charge in [0.05, 0.1) is 11.3 Å². The van der Waals surface area contributed by atoms with Gasteiger partial charge in [0.25, 0.3) is 0 Å². The molecule has 0 saturated carbocycles. The summed E-state index contributed by atoms with van der Waals surface area (Å²) in [4.78, 5) is 4.17. The Morgan fingerprint density at radius 2 is 1.90 bits per heavy atom. The molecule has 1 aromatic heterocycles. The van der Waals surface area contributed by atoms with Crippen LogP contribution in [0.2, 0.25) is 0 Å². The summed E-state index contributed by atoms with van der Waals surface area (Å²) >= 11 is 0. The number of aromatic nitrogens is 1. The molecule has 0 spiro atoms. The van der Waals surface area contributed by atoms with Crippen LogP contribution in [0.5, 0.6) is 0 Å². The smallest absolute Gasteiger partial charge is 0.256 e. The molecule has 0 aliphatic heterocycles. The van der Waals surface area contributed by atoms with E-state index in [1.807, 2.05) is 19.9 Å². The highest BCUT2D eigenvalue weighted by Crippen LogP contribution is 2.33. The van der Waals surface area contributed by atoms with Crippen molar-refractivity contribution in [2.75, 3.05) is 0 Å². The lowest BCUT2D eigenvalue weighted by Crippen LogP contribution is -2.06. The largest absolute Gasteiger partial charge is 0.416 e. The van der Waals surface area contributed by atoms with Gasteiger partial charge in [-0.25, -0.2) is 0 Å². The lowest BCUT2D eigenvalue weighted by atomic mass is 9.97. The molecule has 4 heteroatoms. The molecule has 0 saturated heterocycles. The molecule has 0 atom stereocenters. The summed E-state index contributed by atoms with van der Waals surface area (Å²) in [6.45, 7) is 3.93. The Balaban J connectivity index is 2.53. The Kier molecular flexibility index (Phi) is 4.46. The van der Waals surface area contributed by atoms with E-state index in [-0.39, 0.29) is 0 Å². The van der Waals surface area contributed by atoms with E-state index in [0.717, 1.165) is 17.2 Å². The van der Waals surface area contributed by atoms with Gasteiger partial charge >= 0.3 is 6.18 Å². The third kappa shape index (κ3) is 3.94. The van der Waals surface area contributed by atoms with Crippen LogP contribution in [-0.2, 0) is 12.6 Å². The summed E-state index contributed by atoms with van der Waals surface area (Å²) in [5.74, 6) is 0. The average molecular weight is 291 g/mol. The molecule has 2 rings (SSSR count). The summed E-state index contributed by atoms with van der Waals surface area (Å²) in [6.07, 6.45) is -0.180. The van der Waals surface area contributed by atoms with Crippen molar-refractivity contribution in [3.8, 4) is 11.3 Å². The van der Waals surface area contributed by atoms with Crippen molar-refractivity contribution in [3.05, 3.63) is 65.4 Å². The van der Waals surface area contributed by atoms with E-state index >= 15 is 0 Å². The summed E-state index contributed by atoms with van der Waals surface area (Å²) in [6, 6.07) is 9.07. The van der Waals surface area contributed by atoms with Gasteiger partial charge in [-0.05, 0) is 50.1 Å². The predicted molar refractivity (Wildman–Crippen MR) is 77.8 cm³/mol. The number of rotatable bonds is 3. The Morgan fingerprint density at radius 1 is 1.14 bits per heavy atom. The van der Waals surface area contributed by atoms with Gasteiger partial charge in [-0.1, -0.05) is 23.8 Å². The molecule has 0 unspecified atom stereocenters. The van der Waals surface area contributed by atoms with Crippen molar-refractivity contribution < 1.29 is 13.2 Å². The summed E-state index contributed by atoms with van der Waals surface area (Å²) < 4.78 is 38.7. The lowest BCUT2D eigenvalue weighted by molar-refractivity contribution is -0.137. The molecule has 0 aliphatic rings. The van der Waals surface area contributed by atoms with Crippen molar-refractivity contribution in [2.45, 2.75) is 26.4 Å². The molecule has 2 aromatic rings. The number of hydrogen-bond acceptors (Lipinski definition) is 1. The molecule has 0 aliphatic carbocycles. The van der Waals surface area contributed by atoms with Crippen LogP contribution < -0.4 is 0 Å². The minimum absolute atomic E-state index is 0.530. The molecule has 0 radical (unpaired) electrons. The van der Waals surface area contributed by atoms with Gasteiger partial charge in [0.1, 0.15) is 0 Å². The monoisotopic (exact) mass is 291 g/mol. The highest BCUT2D eigenvalue weighted by atomic mass is 19.4. The van der Waals surface area contributed by atoms with Crippen molar-refractivity contribution in [2.24, 2.45) is 0 Å². The van der Waals surface area contributed by atoms with Crippen LogP contribution >= 0.6 is 0 Å². The van der Waals surface area contributed by atoms with Crippen molar-refractivity contribution in [1.82, 2.24) is 4.98 Å². The molecule has 21 heavy (non-hydrogen) atoms. The molecular formula is C17H16F3N. The minimum atomic E-state index is -4.35. The van der Waals surface area contributed by atoms with Crippen molar-refractivity contribution >= 4 is 0 Å². The molecule has 1 aromatic carbocycles. The first-order valence-electron chi connectivity index (χ1n) is 6.63. The van der Waals surface area contributed by atoms with Crippen LogP contribution in [0.15, 0.2) is 54.2 Å². The molecule has 0 amide bonds. The maximum absolute atomic E-state index is 12.9. The van der Waals surface area contributed by atoms with E-state index in [4.69, 9.17) is 0 Å². The van der Waals surface area contributed by atoms with Crippen LogP contribution in [-0.4, -0.2) is 4.98 Å². The second-order valence-corrected chi connectivity index (χ2v) is 5.07. The zero-order chi connectivity index (χ0) is 15.5. The number of halogens is 3. The van der Waals surface area contributed by atoms with E-state index in [9.17, 15) is 13.2 Å². The highest BCUT2D eigenvalue weighted by molar-refractivity contribution is 5.65. The lowest BCUT2D eigenvalue weighted by Gasteiger charge is -2.12. The first-order chi connectivity index (χ1) is 9.88. The fraction of sp³-hybridized carbons (Fsp3) is 0.235. The Bertz CT molecular complexity index is 639. The van der Waals surface area contributed by atoms with Crippen LogP contribution in [0.25, 0.3) is 11.3 Å². The van der Waals surface area contributed by atoms with E-state index in [1.165, 1.54) is 12.1 Å². The van der Waals surface area contributed by atoms with E-state index in [2.05, 4.69) is 4.98 Å². The number of alkyl halides is 3. The number of hydrogen-bond donors (Lipinski definition) is 0. The van der Waals surface area contributed by atoms with Gasteiger partial charge in [-0.3, -0.25) is 4.98 Å². The Morgan fingerprint density at radius 3 is 2.48 bits per heavy atom. The average Bonchev–Trinajstić information content (AvgIpc) is 2.45. The number of nitrogens with zero attached hydrogens (tertiary/aromatic N) is 1. The van der Waals surface area contributed by atoms with Gasteiger partial charge in [-0.2, -0.15) is 13.2 Å². The fourth-order valence-electron chi connectivity index (χ4n) is 2.01. The second kappa shape index (κ2) is 6.12. The Hall–Kier alpha value is -2.10. The predicted octanol–water partition coefficient (Wildman–Crippen LogP) is 5.28. The maximum atomic E-state index is 12.9. The van der Waals surface area contributed by atoms with Crippen LogP contribution in [0.3, 0.4) is 0 Å². The first kappa shape index (κ1) is 15.3. The summed E-state index contributed by atoms with van der Waals surface area (Å²) in [7, 11) is 0. The zero-order valence-electron chi connectivity index (χ0n) is 11.9. The van der Waals surface area contributed by atoms with Crippen molar-refractivity contribution in [1.29, 1.82) is 0 Å². The van der Waals surface area contributed by atoms with Gasteiger partial charge in [0, 0.05) is 11.8 Å².